The summed E-state index contributed by atoms with van der Waals surface area (Å²) >= 11 is -0.268. The number of nitrogens with one attached hydrogen (secondary N) is 2. The molecule has 0 aromatic heterocycles. The largest absolute Gasteiger partial charge is 0.446 e. The van der Waals surface area contributed by atoms with Gasteiger partial charge in [0.1, 0.15) is 0 Å². The lowest BCUT2D eigenvalue weighted by Crippen LogP contribution is -2.42. The molecule has 0 amide bonds. The molecule has 1 aromatic rings. The number of halogens is 4. The van der Waals surface area contributed by atoms with E-state index in [4.69, 9.17) is 0 Å². The summed E-state index contributed by atoms with van der Waals surface area (Å²) in [6.07, 6.45) is 1.39. The third kappa shape index (κ3) is 5.96. The summed E-state index contributed by atoms with van der Waals surface area (Å²) in [6.45, 7) is 1.49. The van der Waals surface area contributed by atoms with Crippen LogP contribution in [0.5, 0.6) is 0 Å². The van der Waals surface area contributed by atoms with Crippen LogP contribution in [-0.2, 0) is 10.0 Å². The van der Waals surface area contributed by atoms with Gasteiger partial charge < -0.3 is 5.32 Å². The van der Waals surface area contributed by atoms with Crippen LogP contribution in [-0.4, -0.2) is 33.1 Å². The molecule has 2 N–H and O–H groups in total. The zero-order valence-electron chi connectivity index (χ0n) is 11.4. The SMILES string of the molecule is Cl.O=S(=O)(NC1CCNCC1)c1ccc(SC(F)(F)F)cc1. The Balaban J connectivity index is 0.00000242. The fourth-order valence-electron chi connectivity index (χ4n) is 2.05. The van der Waals surface area contributed by atoms with Crippen molar-refractivity contribution >= 4 is 34.2 Å². The van der Waals surface area contributed by atoms with Crippen molar-refractivity contribution < 1.29 is 21.6 Å². The first-order valence-electron chi connectivity index (χ1n) is 6.35. The van der Waals surface area contributed by atoms with Crippen LogP contribution in [0.2, 0.25) is 0 Å². The van der Waals surface area contributed by atoms with Crippen LogP contribution in [0.3, 0.4) is 0 Å². The highest BCUT2D eigenvalue weighted by Gasteiger charge is 2.29. The Morgan fingerprint density at radius 2 is 1.68 bits per heavy atom. The first-order valence-corrected chi connectivity index (χ1v) is 8.65. The predicted molar refractivity (Wildman–Crippen MR) is 81.8 cm³/mol. The minimum absolute atomic E-state index is 0. The fraction of sp³-hybridized carbons (Fsp3) is 0.500. The minimum Gasteiger partial charge on any atom is -0.317 e. The summed E-state index contributed by atoms with van der Waals surface area (Å²) in [7, 11) is -3.69. The van der Waals surface area contributed by atoms with Crippen molar-refractivity contribution in [1.82, 2.24) is 10.0 Å². The molecule has 1 aliphatic rings. The van der Waals surface area contributed by atoms with Gasteiger partial charge in [-0.25, -0.2) is 13.1 Å². The number of rotatable bonds is 4. The monoisotopic (exact) mass is 376 g/mol. The molecule has 0 unspecified atom stereocenters. The molecule has 0 bridgehead atoms. The van der Waals surface area contributed by atoms with E-state index in [0.717, 1.165) is 25.2 Å². The van der Waals surface area contributed by atoms with Gasteiger partial charge in [-0.15, -0.1) is 12.4 Å². The van der Waals surface area contributed by atoms with Crippen molar-refractivity contribution in [3.05, 3.63) is 24.3 Å². The first kappa shape index (κ1) is 19.6. The van der Waals surface area contributed by atoms with Crippen molar-refractivity contribution in [2.75, 3.05) is 13.1 Å². The van der Waals surface area contributed by atoms with Gasteiger partial charge in [0.2, 0.25) is 10.0 Å². The third-order valence-electron chi connectivity index (χ3n) is 3.03. The van der Waals surface area contributed by atoms with Gasteiger partial charge in [-0.1, -0.05) is 0 Å². The smallest absolute Gasteiger partial charge is 0.317 e. The van der Waals surface area contributed by atoms with Crippen LogP contribution in [0, 0.1) is 0 Å². The molecule has 2 rings (SSSR count). The highest BCUT2D eigenvalue weighted by Crippen LogP contribution is 2.36. The van der Waals surface area contributed by atoms with Crippen LogP contribution in [0.1, 0.15) is 12.8 Å². The molecule has 0 radical (unpaired) electrons. The molecular formula is C12H16ClF3N2O2S2. The van der Waals surface area contributed by atoms with Gasteiger partial charge in [-0.05, 0) is 62.0 Å². The van der Waals surface area contributed by atoms with Crippen LogP contribution in [0.4, 0.5) is 13.2 Å². The van der Waals surface area contributed by atoms with Crippen molar-refractivity contribution in [3.63, 3.8) is 0 Å². The second kappa shape index (κ2) is 7.87. The first-order chi connectivity index (χ1) is 9.76. The van der Waals surface area contributed by atoms with E-state index >= 15 is 0 Å². The number of thioether (sulfide) groups is 1. The zero-order chi connectivity index (χ0) is 15.5. The lowest BCUT2D eigenvalue weighted by atomic mass is 10.1. The number of hydrogen-bond acceptors (Lipinski definition) is 4. The summed E-state index contributed by atoms with van der Waals surface area (Å²) in [5, 5.41) is 3.13. The molecule has 1 aromatic carbocycles. The van der Waals surface area contributed by atoms with E-state index < -0.39 is 15.5 Å². The van der Waals surface area contributed by atoms with Gasteiger partial charge in [0.15, 0.2) is 0 Å². The fourth-order valence-corrected chi connectivity index (χ4v) is 3.89. The molecule has 0 aliphatic carbocycles. The second-order valence-corrected chi connectivity index (χ2v) is 7.52. The number of hydrogen-bond donors (Lipinski definition) is 2. The predicted octanol–water partition coefficient (Wildman–Crippen LogP) is 2.75. The van der Waals surface area contributed by atoms with Gasteiger partial charge >= 0.3 is 5.51 Å². The maximum absolute atomic E-state index is 12.2. The van der Waals surface area contributed by atoms with Crippen molar-refractivity contribution in [1.29, 1.82) is 0 Å². The van der Waals surface area contributed by atoms with E-state index in [1.165, 1.54) is 12.1 Å². The molecule has 1 saturated heterocycles. The lowest BCUT2D eigenvalue weighted by Gasteiger charge is -2.23. The molecule has 10 heteroatoms. The minimum atomic E-state index is -4.38. The Hall–Kier alpha value is -0.480. The normalized spacial score (nSPS) is 17.0. The molecule has 1 aliphatic heterocycles. The van der Waals surface area contributed by atoms with E-state index in [-0.39, 0.29) is 40.0 Å². The van der Waals surface area contributed by atoms with E-state index in [2.05, 4.69) is 10.0 Å². The maximum Gasteiger partial charge on any atom is 0.446 e. The summed E-state index contributed by atoms with van der Waals surface area (Å²) in [4.78, 5) is -0.0594. The molecule has 0 saturated carbocycles. The highest BCUT2D eigenvalue weighted by molar-refractivity contribution is 8.00. The molecule has 1 fully saturated rings. The maximum atomic E-state index is 12.2. The Morgan fingerprint density at radius 3 is 2.18 bits per heavy atom. The molecule has 0 atom stereocenters. The molecular weight excluding hydrogens is 361 g/mol. The standard InChI is InChI=1S/C12H15F3N2O2S2.ClH/c13-12(14,15)20-10-1-3-11(4-2-10)21(18,19)17-9-5-7-16-8-6-9;/h1-4,9,16-17H,5-8H2;1H. The molecule has 126 valence electrons. The average molecular weight is 377 g/mol. The summed E-state index contributed by atoms with van der Waals surface area (Å²) < 4.78 is 63.5. The van der Waals surface area contributed by atoms with Crippen molar-refractivity contribution in [2.24, 2.45) is 0 Å². The summed E-state index contributed by atoms with van der Waals surface area (Å²) in [5.74, 6) is 0. The molecule has 22 heavy (non-hydrogen) atoms. The quantitative estimate of drug-likeness (QED) is 0.793. The zero-order valence-corrected chi connectivity index (χ0v) is 13.8. The number of alkyl halides is 3. The molecule has 4 nitrogen and oxygen atoms in total. The number of piperidine rings is 1. The van der Waals surface area contributed by atoms with Crippen LogP contribution in [0.25, 0.3) is 0 Å². The van der Waals surface area contributed by atoms with Gasteiger partial charge in [0, 0.05) is 10.9 Å². The molecule has 0 spiro atoms. The van der Waals surface area contributed by atoms with Crippen LogP contribution >= 0.6 is 24.2 Å². The Morgan fingerprint density at radius 1 is 1.14 bits per heavy atom. The second-order valence-electron chi connectivity index (χ2n) is 4.66. The summed E-state index contributed by atoms with van der Waals surface area (Å²) in [6, 6.07) is 4.57. The van der Waals surface area contributed by atoms with E-state index in [1.807, 2.05) is 0 Å². The van der Waals surface area contributed by atoms with Gasteiger partial charge in [-0.3, -0.25) is 0 Å². The average Bonchev–Trinajstić information content (AvgIpc) is 2.38. The summed E-state index contributed by atoms with van der Waals surface area (Å²) in [5.41, 5.74) is -4.38. The Kier molecular flexibility index (Phi) is 7.00. The van der Waals surface area contributed by atoms with Gasteiger partial charge in [0.05, 0.1) is 4.90 Å². The van der Waals surface area contributed by atoms with E-state index in [0.29, 0.717) is 12.8 Å². The van der Waals surface area contributed by atoms with Gasteiger partial charge in [0.25, 0.3) is 0 Å². The van der Waals surface area contributed by atoms with E-state index in [1.54, 1.807) is 0 Å². The number of benzene rings is 1. The van der Waals surface area contributed by atoms with Gasteiger partial charge in [-0.2, -0.15) is 13.2 Å². The molecule has 1 heterocycles. The Labute approximate surface area is 137 Å². The van der Waals surface area contributed by atoms with E-state index in [9.17, 15) is 21.6 Å². The third-order valence-corrected chi connectivity index (χ3v) is 5.30. The van der Waals surface area contributed by atoms with Crippen molar-refractivity contribution in [3.8, 4) is 0 Å². The van der Waals surface area contributed by atoms with Crippen LogP contribution < -0.4 is 10.0 Å². The van der Waals surface area contributed by atoms with Crippen LogP contribution in [0.15, 0.2) is 34.1 Å². The number of sulfonamides is 1. The lowest BCUT2D eigenvalue weighted by molar-refractivity contribution is -0.0328. The topological polar surface area (TPSA) is 58.2 Å². The van der Waals surface area contributed by atoms with Crippen molar-refractivity contribution in [2.45, 2.75) is 34.2 Å². The Bertz CT molecular complexity index is 573. The highest BCUT2D eigenvalue weighted by atomic mass is 35.5.